The number of fused-ring (bicyclic) bond motifs is 3. The van der Waals surface area contributed by atoms with Gasteiger partial charge < -0.3 is 20.5 Å². The van der Waals surface area contributed by atoms with Crippen molar-refractivity contribution < 1.29 is 24.2 Å². The molecular weight excluding hydrogens is 559 g/mol. The summed E-state index contributed by atoms with van der Waals surface area (Å²) in [6, 6.07) is 21.0. The number of hydrogen-bond donors (Lipinski definition) is 3. The lowest BCUT2D eigenvalue weighted by molar-refractivity contribution is -0.119. The van der Waals surface area contributed by atoms with Crippen LogP contribution in [-0.2, 0) is 9.53 Å². The molecule has 1 aliphatic rings. The van der Waals surface area contributed by atoms with Crippen LogP contribution in [0.2, 0.25) is 0 Å². The largest absolute Gasteiger partial charge is 0.478 e. The molecule has 0 spiro atoms. The molecule has 3 aromatic rings. The number of hydrogen-bond acceptors (Lipinski definition) is 4. The molecule has 0 aromatic heterocycles. The number of anilines is 1. The van der Waals surface area contributed by atoms with E-state index in [1.54, 1.807) is 12.1 Å². The molecule has 0 heterocycles. The Morgan fingerprint density at radius 2 is 1.63 bits per heavy atom. The summed E-state index contributed by atoms with van der Waals surface area (Å²) in [5, 5.41) is 14.8. The molecule has 4 rings (SSSR count). The third kappa shape index (κ3) is 5.48. The maximum atomic E-state index is 12.8. The first kappa shape index (κ1) is 24.7. The molecule has 8 heteroatoms. The molecule has 35 heavy (non-hydrogen) atoms. The number of carbonyl (C=O) groups is 3. The van der Waals surface area contributed by atoms with Crippen LogP contribution in [0.5, 0.6) is 0 Å². The van der Waals surface area contributed by atoms with E-state index in [-0.39, 0.29) is 36.2 Å². The number of aromatic carboxylic acids is 1. The Labute approximate surface area is 217 Å². The fourth-order valence-corrected chi connectivity index (χ4v) is 4.81. The highest BCUT2D eigenvalue weighted by atomic mass is 127. The monoisotopic (exact) mass is 584 g/mol. The molecular formula is C27H25IN2O5. The third-order valence-electron chi connectivity index (χ3n) is 6.17. The second-order valence-electron chi connectivity index (χ2n) is 8.30. The first-order valence-corrected chi connectivity index (χ1v) is 12.4. The Morgan fingerprint density at radius 1 is 1.00 bits per heavy atom. The maximum absolute atomic E-state index is 12.8. The van der Waals surface area contributed by atoms with Crippen molar-refractivity contribution in [3.8, 4) is 11.1 Å². The predicted molar refractivity (Wildman–Crippen MR) is 142 cm³/mol. The van der Waals surface area contributed by atoms with Gasteiger partial charge in [-0.15, -0.1) is 0 Å². The van der Waals surface area contributed by atoms with Crippen molar-refractivity contribution in [3.05, 3.63) is 87.0 Å². The number of carboxylic acid groups (broad SMARTS) is 1. The molecule has 0 radical (unpaired) electrons. The van der Waals surface area contributed by atoms with Gasteiger partial charge >= 0.3 is 12.1 Å². The number of carbonyl (C=O) groups excluding carboxylic acids is 2. The number of amides is 2. The van der Waals surface area contributed by atoms with Crippen LogP contribution < -0.4 is 10.6 Å². The Morgan fingerprint density at radius 3 is 2.23 bits per heavy atom. The maximum Gasteiger partial charge on any atom is 0.407 e. The van der Waals surface area contributed by atoms with Crippen LogP contribution in [-0.4, -0.2) is 36.2 Å². The highest BCUT2D eigenvalue weighted by molar-refractivity contribution is 14.1. The fourth-order valence-electron chi connectivity index (χ4n) is 4.32. The van der Waals surface area contributed by atoms with Crippen molar-refractivity contribution in [2.45, 2.75) is 19.3 Å². The Kier molecular flexibility index (Phi) is 7.70. The number of carboxylic acids is 1. The SMILES string of the molecule is CCC(CNC(=O)OCC1c2ccccc2-c2ccccc21)C(=O)Nc1ccc(I)cc1C(=O)O. The molecule has 3 N–H and O–H groups in total. The van der Waals surface area contributed by atoms with E-state index in [4.69, 9.17) is 4.74 Å². The quantitative estimate of drug-likeness (QED) is 0.304. The van der Waals surface area contributed by atoms with Crippen LogP contribution in [0.15, 0.2) is 66.7 Å². The van der Waals surface area contributed by atoms with E-state index in [9.17, 15) is 19.5 Å². The summed E-state index contributed by atoms with van der Waals surface area (Å²) in [7, 11) is 0. The normalized spacial score (nSPS) is 12.9. The van der Waals surface area contributed by atoms with Gasteiger partial charge in [-0.05, 0) is 69.5 Å². The van der Waals surface area contributed by atoms with Gasteiger partial charge in [-0.2, -0.15) is 0 Å². The smallest absolute Gasteiger partial charge is 0.407 e. The Hall–Kier alpha value is -3.40. The van der Waals surface area contributed by atoms with Crippen molar-refractivity contribution in [3.63, 3.8) is 0 Å². The lowest BCUT2D eigenvalue weighted by atomic mass is 9.98. The molecule has 1 unspecified atom stereocenters. The van der Waals surface area contributed by atoms with Gasteiger partial charge in [-0.25, -0.2) is 9.59 Å². The molecule has 0 fully saturated rings. The number of ether oxygens (including phenoxy) is 1. The number of nitrogens with one attached hydrogen (secondary N) is 2. The second kappa shape index (κ2) is 10.9. The van der Waals surface area contributed by atoms with Crippen LogP contribution in [0, 0.1) is 9.49 Å². The van der Waals surface area contributed by atoms with Gasteiger partial charge in [0.1, 0.15) is 6.61 Å². The molecule has 3 aromatic carbocycles. The van der Waals surface area contributed by atoms with E-state index in [0.29, 0.717) is 6.42 Å². The van der Waals surface area contributed by atoms with E-state index in [1.807, 2.05) is 53.8 Å². The van der Waals surface area contributed by atoms with Crippen molar-refractivity contribution in [2.75, 3.05) is 18.5 Å². The number of benzene rings is 3. The number of rotatable bonds is 8. The second-order valence-corrected chi connectivity index (χ2v) is 9.54. The lowest BCUT2D eigenvalue weighted by Crippen LogP contribution is -2.36. The molecule has 0 aliphatic heterocycles. The van der Waals surface area contributed by atoms with Crippen LogP contribution >= 0.6 is 22.6 Å². The first-order valence-electron chi connectivity index (χ1n) is 11.3. The Bertz CT molecular complexity index is 1230. The zero-order chi connectivity index (χ0) is 24.9. The van der Waals surface area contributed by atoms with Crippen LogP contribution in [0.4, 0.5) is 10.5 Å². The van der Waals surface area contributed by atoms with Gasteiger partial charge in [-0.1, -0.05) is 55.5 Å². The van der Waals surface area contributed by atoms with Gasteiger partial charge in [0.15, 0.2) is 0 Å². The standard InChI is InChI=1S/C27H25IN2O5/c1-2-16(25(31)30-24-12-11-17(28)13-22(24)26(32)33)14-29-27(34)35-15-23-20-9-5-3-7-18(20)19-8-4-6-10-21(19)23/h3-13,16,23H,2,14-15H2,1H3,(H,29,34)(H,30,31)(H,32,33). The zero-order valence-corrected chi connectivity index (χ0v) is 21.2. The van der Waals surface area contributed by atoms with E-state index in [1.165, 1.54) is 6.07 Å². The van der Waals surface area contributed by atoms with Gasteiger partial charge in [0.2, 0.25) is 5.91 Å². The molecule has 0 bridgehead atoms. The fraction of sp³-hybridized carbons (Fsp3) is 0.222. The summed E-state index contributed by atoms with van der Waals surface area (Å²) >= 11 is 2.02. The lowest BCUT2D eigenvalue weighted by Gasteiger charge is -2.18. The van der Waals surface area contributed by atoms with Gasteiger partial charge in [-0.3, -0.25) is 4.79 Å². The topological polar surface area (TPSA) is 105 Å². The average Bonchev–Trinajstić information content (AvgIpc) is 3.18. The summed E-state index contributed by atoms with van der Waals surface area (Å²) in [5.74, 6) is -2.08. The van der Waals surface area contributed by atoms with E-state index >= 15 is 0 Å². The molecule has 0 saturated heterocycles. The summed E-state index contributed by atoms with van der Waals surface area (Å²) < 4.78 is 6.29. The minimum absolute atomic E-state index is 0.0181. The highest BCUT2D eigenvalue weighted by Gasteiger charge is 2.29. The molecule has 180 valence electrons. The van der Waals surface area contributed by atoms with Crippen molar-refractivity contribution >= 4 is 46.2 Å². The summed E-state index contributed by atoms with van der Waals surface area (Å²) in [6.45, 7) is 2.09. The van der Waals surface area contributed by atoms with Crippen molar-refractivity contribution in [2.24, 2.45) is 5.92 Å². The van der Waals surface area contributed by atoms with E-state index in [0.717, 1.165) is 25.8 Å². The van der Waals surface area contributed by atoms with Crippen molar-refractivity contribution in [1.29, 1.82) is 0 Å². The molecule has 0 saturated carbocycles. The minimum atomic E-state index is -1.12. The zero-order valence-electron chi connectivity index (χ0n) is 19.1. The molecule has 1 atom stereocenters. The third-order valence-corrected chi connectivity index (χ3v) is 6.84. The average molecular weight is 584 g/mol. The molecule has 1 aliphatic carbocycles. The van der Waals surface area contributed by atoms with Crippen LogP contribution in [0.25, 0.3) is 11.1 Å². The first-order chi connectivity index (χ1) is 16.9. The number of halogens is 1. The summed E-state index contributed by atoms with van der Waals surface area (Å²) in [6.07, 6.45) is -0.138. The summed E-state index contributed by atoms with van der Waals surface area (Å²) in [5.41, 5.74) is 4.79. The minimum Gasteiger partial charge on any atom is -0.478 e. The van der Waals surface area contributed by atoms with Gasteiger partial charge in [0.05, 0.1) is 17.2 Å². The molecule has 2 amide bonds. The summed E-state index contributed by atoms with van der Waals surface area (Å²) in [4.78, 5) is 36.7. The highest BCUT2D eigenvalue weighted by Crippen LogP contribution is 2.44. The van der Waals surface area contributed by atoms with Crippen molar-refractivity contribution in [1.82, 2.24) is 5.32 Å². The Balaban J connectivity index is 1.35. The van der Waals surface area contributed by atoms with E-state index < -0.39 is 18.0 Å². The number of alkyl carbamates (subject to hydrolysis) is 1. The van der Waals surface area contributed by atoms with E-state index in [2.05, 4.69) is 34.9 Å². The van der Waals surface area contributed by atoms with Gasteiger partial charge in [0, 0.05) is 16.0 Å². The predicted octanol–water partition coefficient (Wildman–Crippen LogP) is 5.49. The molecule has 7 nitrogen and oxygen atoms in total. The van der Waals surface area contributed by atoms with Crippen LogP contribution in [0.3, 0.4) is 0 Å². The van der Waals surface area contributed by atoms with Crippen LogP contribution in [0.1, 0.15) is 40.7 Å². The van der Waals surface area contributed by atoms with Gasteiger partial charge in [0.25, 0.3) is 0 Å².